The van der Waals surface area contributed by atoms with Crippen LogP contribution in [0.25, 0.3) is 0 Å². The predicted octanol–water partition coefficient (Wildman–Crippen LogP) is 3.82. The molecule has 0 aliphatic carbocycles. The van der Waals surface area contributed by atoms with Gasteiger partial charge in [-0.2, -0.15) is 0 Å². The van der Waals surface area contributed by atoms with E-state index in [4.69, 9.17) is 9.73 Å². The average Bonchev–Trinajstić information content (AvgIpc) is 2.77. The van der Waals surface area contributed by atoms with Crippen LogP contribution in [-0.4, -0.2) is 50.3 Å². The van der Waals surface area contributed by atoms with Gasteiger partial charge in [-0.15, -0.1) is 24.0 Å². The first-order chi connectivity index (χ1) is 14.3. The van der Waals surface area contributed by atoms with E-state index < -0.39 is 0 Å². The number of morpholine rings is 1. The number of benzene rings is 2. The van der Waals surface area contributed by atoms with Crippen molar-refractivity contribution in [3.05, 3.63) is 71.3 Å². The summed E-state index contributed by atoms with van der Waals surface area (Å²) in [6.07, 6.45) is 2.16. The summed E-state index contributed by atoms with van der Waals surface area (Å²) >= 11 is 0. The second-order valence-electron chi connectivity index (χ2n) is 7.37. The van der Waals surface area contributed by atoms with Crippen LogP contribution in [0.5, 0.6) is 0 Å². The van der Waals surface area contributed by atoms with Gasteiger partial charge in [0.2, 0.25) is 0 Å². The number of aryl methyl sites for hydroxylation is 1. The Bertz CT molecular complexity index is 748. The molecule has 0 atom stereocenters. The molecule has 0 spiro atoms. The molecule has 2 aromatic rings. The monoisotopic (exact) mass is 522 g/mol. The zero-order valence-electron chi connectivity index (χ0n) is 18.0. The third-order valence-electron chi connectivity index (χ3n) is 5.15. The average molecular weight is 522 g/mol. The first kappa shape index (κ1) is 24.6. The minimum Gasteiger partial charge on any atom is -0.379 e. The van der Waals surface area contributed by atoms with Crippen molar-refractivity contribution in [2.45, 2.75) is 32.9 Å². The van der Waals surface area contributed by atoms with Crippen molar-refractivity contribution in [3.63, 3.8) is 0 Å². The van der Waals surface area contributed by atoms with Gasteiger partial charge >= 0.3 is 0 Å². The van der Waals surface area contributed by atoms with Crippen LogP contribution in [0.4, 0.5) is 0 Å². The Morgan fingerprint density at radius 3 is 2.40 bits per heavy atom. The quantitative estimate of drug-likeness (QED) is 0.228. The third-order valence-corrected chi connectivity index (χ3v) is 5.15. The number of rotatable bonds is 9. The van der Waals surface area contributed by atoms with E-state index in [0.29, 0.717) is 6.54 Å². The number of hydrogen-bond acceptors (Lipinski definition) is 3. The van der Waals surface area contributed by atoms with Crippen LogP contribution in [0.15, 0.2) is 59.6 Å². The highest BCUT2D eigenvalue weighted by molar-refractivity contribution is 14.0. The van der Waals surface area contributed by atoms with Gasteiger partial charge in [-0.1, -0.05) is 54.6 Å². The van der Waals surface area contributed by atoms with Crippen molar-refractivity contribution in [1.82, 2.24) is 15.5 Å². The van der Waals surface area contributed by atoms with E-state index in [-0.39, 0.29) is 24.0 Å². The van der Waals surface area contributed by atoms with Gasteiger partial charge in [-0.05, 0) is 36.5 Å². The van der Waals surface area contributed by atoms with Crippen LogP contribution in [-0.2, 0) is 24.2 Å². The maximum Gasteiger partial charge on any atom is 0.191 e. The molecule has 1 saturated heterocycles. The van der Waals surface area contributed by atoms with Crippen LogP contribution in [0.2, 0.25) is 0 Å². The number of aliphatic imine (C=N–C) groups is 1. The highest BCUT2D eigenvalue weighted by atomic mass is 127. The molecule has 30 heavy (non-hydrogen) atoms. The van der Waals surface area contributed by atoms with Crippen molar-refractivity contribution >= 4 is 29.9 Å². The maximum atomic E-state index is 5.47. The van der Waals surface area contributed by atoms with Crippen molar-refractivity contribution in [1.29, 1.82) is 0 Å². The highest BCUT2D eigenvalue weighted by Crippen LogP contribution is 2.14. The molecule has 0 bridgehead atoms. The van der Waals surface area contributed by atoms with Gasteiger partial charge in [0.1, 0.15) is 0 Å². The summed E-state index contributed by atoms with van der Waals surface area (Å²) in [6.45, 7) is 9.20. The van der Waals surface area contributed by atoms with Crippen molar-refractivity contribution in [2.75, 3.05) is 39.4 Å². The molecule has 1 fully saturated rings. The minimum absolute atomic E-state index is 0. The Labute approximate surface area is 198 Å². The van der Waals surface area contributed by atoms with Gasteiger partial charge in [0, 0.05) is 32.7 Å². The van der Waals surface area contributed by atoms with Crippen LogP contribution in [0.3, 0.4) is 0 Å². The largest absolute Gasteiger partial charge is 0.379 e. The van der Waals surface area contributed by atoms with E-state index in [2.05, 4.69) is 77.1 Å². The van der Waals surface area contributed by atoms with Gasteiger partial charge in [-0.25, -0.2) is 4.99 Å². The minimum atomic E-state index is 0. The summed E-state index contributed by atoms with van der Waals surface area (Å²) in [5.41, 5.74) is 4.03. The molecule has 164 valence electrons. The molecule has 1 aliphatic heterocycles. The summed E-state index contributed by atoms with van der Waals surface area (Å²) < 4.78 is 5.47. The third kappa shape index (κ3) is 8.62. The van der Waals surface area contributed by atoms with Gasteiger partial charge < -0.3 is 15.4 Å². The number of nitrogens with zero attached hydrogens (tertiary/aromatic N) is 2. The summed E-state index contributed by atoms with van der Waals surface area (Å²) in [5, 5.41) is 6.84. The number of halogens is 1. The fourth-order valence-corrected chi connectivity index (χ4v) is 3.52. The number of nitrogens with one attached hydrogen (secondary N) is 2. The lowest BCUT2D eigenvalue weighted by Crippen LogP contribution is -2.38. The van der Waals surface area contributed by atoms with E-state index in [0.717, 1.165) is 64.7 Å². The zero-order chi connectivity index (χ0) is 20.2. The topological polar surface area (TPSA) is 48.9 Å². The lowest BCUT2D eigenvalue weighted by atomic mass is 10.1. The van der Waals surface area contributed by atoms with E-state index in [9.17, 15) is 0 Å². The Morgan fingerprint density at radius 2 is 1.67 bits per heavy atom. The molecule has 0 amide bonds. The standard InChI is InChI=1S/C24H34N4O.HI/c1-2-25-24(26-14-8-11-21-9-4-3-5-10-21)27-19-22-12-6-7-13-23(22)20-28-15-17-29-18-16-28;/h3-7,9-10,12-13H,2,8,11,14-20H2,1H3,(H2,25,26,27);1H. The second-order valence-corrected chi connectivity index (χ2v) is 7.37. The van der Waals surface area contributed by atoms with Gasteiger partial charge in [0.05, 0.1) is 19.8 Å². The van der Waals surface area contributed by atoms with E-state index in [1.54, 1.807) is 0 Å². The van der Waals surface area contributed by atoms with Crippen LogP contribution in [0, 0.1) is 0 Å². The number of hydrogen-bond donors (Lipinski definition) is 2. The smallest absolute Gasteiger partial charge is 0.191 e. The summed E-state index contributed by atoms with van der Waals surface area (Å²) in [4.78, 5) is 7.29. The van der Waals surface area contributed by atoms with E-state index in [1.807, 2.05) is 0 Å². The first-order valence-corrected chi connectivity index (χ1v) is 10.8. The Morgan fingerprint density at radius 1 is 0.967 bits per heavy atom. The lowest BCUT2D eigenvalue weighted by molar-refractivity contribution is 0.0341. The maximum absolute atomic E-state index is 5.47. The van der Waals surface area contributed by atoms with Crippen molar-refractivity contribution in [3.8, 4) is 0 Å². The molecule has 2 N–H and O–H groups in total. The predicted molar refractivity (Wildman–Crippen MR) is 136 cm³/mol. The number of ether oxygens (including phenoxy) is 1. The molecule has 5 nitrogen and oxygen atoms in total. The van der Waals surface area contributed by atoms with E-state index in [1.165, 1.54) is 16.7 Å². The molecule has 0 radical (unpaired) electrons. The molecule has 3 rings (SSSR count). The molecule has 1 aliphatic rings. The molecule has 6 heteroatoms. The fraction of sp³-hybridized carbons (Fsp3) is 0.458. The molecule has 0 saturated carbocycles. The molecule has 0 unspecified atom stereocenters. The molecular weight excluding hydrogens is 487 g/mol. The Balaban J connectivity index is 0.00000320. The zero-order valence-corrected chi connectivity index (χ0v) is 20.3. The summed E-state index contributed by atoms with van der Waals surface area (Å²) in [5.74, 6) is 0.890. The lowest BCUT2D eigenvalue weighted by Gasteiger charge is -2.27. The van der Waals surface area contributed by atoms with Crippen molar-refractivity contribution in [2.24, 2.45) is 4.99 Å². The molecule has 0 aromatic heterocycles. The SMILES string of the molecule is CCNC(=NCc1ccccc1CN1CCOCC1)NCCCc1ccccc1.I. The summed E-state index contributed by atoms with van der Waals surface area (Å²) in [6, 6.07) is 19.3. The first-order valence-electron chi connectivity index (χ1n) is 10.8. The second kappa shape index (κ2) is 14.4. The molecule has 2 aromatic carbocycles. The Hall–Kier alpha value is -1.64. The van der Waals surface area contributed by atoms with Crippen LogP contribution < -0.4 is 10.6 Å². The summed E-state index contributed by atoms with van der Waals surface area (Å²) in [7, 11) is 0. The van der Waals surface area contributed by atoms with Crippen molar-refractivity contribution < 1.29 is 4.74 Å². The van der Waals surface area contributed by atoms with E-state index >= 15 is 0 Å². The van der Waals surface area contributed by atoms with Crippen LogP contribution in [0.1, 0.15) is 30.0 Å². The molecule has 1 heterocycles. The Kier molecular flexibility index (Phi) is 11.8. The van der Waals surface area contributed by atoms with Gasteiger partial charge in [0.25, 0.3) is 0 Å². The molecular formula is C24H35IN4O. The van der Waals surface area contributed by atoms with Crippen LogP contribution >= 0.6 is 24.0 Å². The normalized spacial score (nSPS) is 14.8. The number of guanidine groups is 1. The highest BCUT2D eigenvalue weighted by Gasteiger charge is 2.12. The van der Waals surface area contributed by atoms with Gasteiger partial charge in [0.15, 0.2) is 5.96 Å². The fourth-order valence-electron chi connectivity index (χ4n) is 3.52. The van der Waals surface area contributed by atoms with Gasteiger partial charge in [-0.3, -0.25) is 4.90 Å².